The molecule has 1 atom stereocenters. The molecule has 1 amide bonds. The number of anilines is 2. The van der Waals surface area contributed by atoms with Crippen molar-refractivity contribution < 1.29 is 18.9 Å². The summed E-state index contributed by atoms with van der Waals surface area (Å²) in [5, 5.41) is 16.8. The van der Waals surface area contributed by atoms with Gasteiger partial charge in [-0.1, -0.05) is 0 Å². The van der Waals surface area contributed by atoms with E-state index in [2.05, 4.69) is 15.6 Å². The number of benzene rings is 2. The third kappa shape index (κ3) is 3.97. The van der Waals surface area contributed by atoms with Crippen LogP contribution in [-0.4, -0.2) is 29.0 Å². The van der Waals surface area contributed by atoms with E-state index in [9.17, 15) is 14.9 Å². The van der Waals surface area contributed by atoms with Crippen LogP contribution in [0, 0.1) is 17.0 Å². The van der Waals surface area contributed by atoms with Crippen LogP contribution in [-0.2, 0) is 4.79 Å². The number of nitro benzene ring substituents is 1. The Labute approximate surface area is 154 Å². The van der Waals surface area contributed by atoms with Gasteiger partial charge in [0.05, 0.1) is 18.1 Å². The predicted octanol–water partition coefficient (Wildman–Crippen LogP) is 3.49. The van der Waals surface area contributed by atoms with Crippen LogP contribution in [0.4, 0.5) is 17.1 Å². The van der Waals surface area contributed by atoms with E-state index in [0.717, 1.165) is 0 Å². The van der Waals surface area contributed by atoms with Gasteiger partial charge in [-0.2, -0.15) is 0 Å². The van der Waals surface area contributed by atoms with Crippen molar-refractivity contribution in [3.63, 3.8) is 0 Å². The number of methoxy groups -OCH3 is 1. The van der Waals surface area contributed by atoms with Crippen molar-refractivity contribution in [2.24, 2.45) is 0 Å². The maximum Gasteiger partial charge on any atom is 0.296 e. The van der Waals surface area contributed by atoms with Crippen molar-refractivity contribution in [1.29, 1.82) is 0 Å². The van der Waals surface area contributed by atoms with Gasteiger partial charge < -0.3 is 19.8 Å². The minimum Gasteiger partial charge on any atom is -0.496 e. The molecule has 0 aliphatic rings. The first-order valence-electron chi connectivity index (χ1n) is 8.14. The number of nitrogens with one attached hydrogen (secondary N) is 2. The van der Waals surface area contributed by atoms with Crippen molar-refractivity contribution in [2.75, 3.05) is 17.7 Å². The van der Waals surface area contributed by atoms with Crippen LogP contribution in [0.15, 0.2) is 40.8 Å². The molecule has 3 aromatic rings. The van der Waals surface area contributed by atoms with E-state index in [-0.39, 0.29) is 11.4 Å². The normalized spacial score (nSPS) is 11.8. The monoisotopic (exact) mass is 370 g/mol. The molecular weight excluding hydrogens is 352 g/mol. The lowest BCUT2D eigenvalue weighted by Crippen LogP contribution is -2.32. The number of ether oxygens (including phenoxy) is 1. The van der Waals surface area contributed by atoms with Gasteiger partial charge in [-0.25, -0.2) is 4.98 Å². The molecular formula is C18H18N4O5. The maximum atomic E-state index is 12.5. The molecule has 9 heteroatoms. The van der Waals surface area contributed by atoms with Gasteiger partial charge in [-0.15, -0.1) is 0 Å². The van der Waals surface area contributed by atoms with Gasteiger partial charge in [0.25, 0.3) is 5.69 Å². The molecule has 140 valence electrons. The van der Waals surface area contributed by atoms with Gasteiger partial charge in [-0.3, -0.25) is 14.9 Å². The predicted molar refractivity (Wildman–Crippen MR) is 100 cm³/mol. The smallest absolute Gasteiger partial charge is 0.296 e. The van der Waals surface area contributed by atoms with Crippen LogP contribution in [0.3, 0.4) is 0 Å². The zero-order valence-corrected chi connectivity index (χ0v) is 15.0. The van der Waals surface area contributed by atoms with Crippen LogP contribution in [0.25, 0.3) is 11.1 Å². The lowest BCUT2D eigenvalue weighted by Gasteiger charge is -2.15. The Kier molecular flexibility index (Phi) is 4.93. The second-order valence-corrected chi connectivity index (χ2v) is 5.91. The fourth-order valence-corrected chi connectivity index (χ4v) is 2.58. The maximum absolute atomic E-state index is 12.5. The number of amides is 1. The summed E-state index contributed by atoms with van der Waals surface area (Å²) < 4.78 is 10.4. The first-order valence-corrected chi connectivity index (χ1v) is 8.14. The number of carbonyl (C=O) groups is 1. The molecule has 27 heavy (non-hydrogen) atoms. The van der Waals surface area contributed by atoms with Crippen LogP contribution in [0.2, 0.25) is 0 Å². The lowest BCUT2D eigenvalue weighted by molar-refractivity contribution is -0.384. The Morgan fingerprint density at radius 2 is 2.07 bits per heavy atom. The van der Waals surface area contributed by atoms with Crippen LogP contribution in [0.1, 0.15) is 12.8 Å². The highest BCUT2D eigenvalue weighted by Gasteiger charge is 2.20. The van der Waals surface area contributed by atoms with Gasteiger partial charge in [0.2, 0.25) is 5.91 Å². The van der Waals surface area contributed by atoms with Gasteiger partial charge in [-0.05, 0) is 37.3 Å². The molecule has 0 unspecified atom stereocenters. The fraction of sp³-hybridized carbons (Fsp3) is 0.222. The quantitative estimate of drug-likeness (QED) is 0.503. The Bertz CT molecular complexity index is 1010. The standard InChI is InChI=1S/C18H18N4O5/c1-10(19-12-4-7-17-15(8-12)20-11(2)27-17)18(23)21-14-6-5-13(26-3)9-16(14)22(24)25/h4-10,19H,1-3H3,(H,21,23)/t10-/m1/s1. The molecule has 1 heterocycles. The third-order valence-electron chi connectivity index (χ3n) is 3.93. The first-order chi connectivity index (χ1) is 12.9. The molecule has 3 rings (SSSR count). The number of rotatable bonds is 6. The van der Waals surface area contributed by atoms with E-state index >= 15 is 0 Å². The van der Waals surface area contributed by atoms with Crippen molar-refractivity contribution in [3.8, 4) is 5.75 Å². The SMILES string of the molecule is COc1ccc(NC(=O)[C@@H](C)Nc2ccc3oc(C)nc3c2)c([N+](=O)[O-])c1. The number of aromatic nitrogens is 1. The minimum absolute atomic E-state index is 0.0991. The largest absolute Gasteiger partial charge is 0.496 e. The fourth-order valence-electron chi connectivity index (χ4n) is 2.58. The van der Waals surface area contributed by atoms with E-state index in [4.69, 9.17) is 9.15 Å². The number of oxazole rings is 1. The Morgan fingerprint density at radius 1 is 1.30 bits per heavy atom. The van der Waals surface area contributed by atoms with Crippen LogP contribution in [0.5, 0.6) is 5.75 Å². The van der Waals surface area contributed by atoms with Crippen LogP contribution < -0.4 is 15.4 Å². The summed E-state index contributed by atoms with van der Waals surface area (Å²) in [5.74, 6) is 0.474. The zero-order chi connectivity index (χ0) is 19.6. The number of aryl methyl sites for hydroxylation is 1. The van der Waals surface area contributed by atoms with Crippen molar-refractivity contribution in [3.05, 3.63) is 52.4 Å². The van der Waals surface area contributed by atoms with Gasteiger partial charge in [0.1, 0.15) is 23.0 Å². The average molecular weight is 370 g/mol. The number of hydrogen-bond acceptors (Lipinski definition) is 7. The van der Waals surface area contributed by atoms with E-state index < -0.39 is 16.9 Å². The van der Waals surface area contributed by atoms with E-state index in [1.54, 1.807) is 38.1 Å². The summed E-state index contributed by atoms with van der Waals surface area (Å²) in [6.07, 6.45) is 0. The molecule has 0 aliphatic heterocycles. The highest BCUT2D eigenvalue weighted by molar-refractivity contribution is 5.98. The Hall–Kier alpha value is -3.62. The Balaban J connectivity index is 1.74. The number of nitrogens with zero attached hydrogens (tertiary/aromatic N) is 2. The number of nitro groups is 1. The van der Waals surface area contributed by atoms with Crippen molar-refractivity contribution in [2.45, 2.75) is 19.9 Å². The lowest BCUT2D eigenvalue weighted by atomic mass is 10.2. The van der Waals surface area contributed by atoms with Crippen LogP contribution >= 0.6 is 0 Å². The summed E-state index contributed by atoms with van der Waals surface area (Å²) in [6, 6.07) is 8.90. The number of carbonyl (C=O) groups excluding carboxylic acids is 1. The molecule has 0 radical (unpaired) electrons. The molecule has 2 N–H and O–H groups in total. The first kappa shape index (κ1) is 18.2. The molecule has 0 saturated carbocycles. The molecule has 9 nitrogen and oxygen atoms in total. The van der Waals surface area contributed by atoms with Gasteiger partial charge >= 0.3 is 0 Å². The molecule has 0 aliphatic carbocycles. The van der Waals surface area contributed by atoms with Gasteiger partial charge in [0.15, 0.2) is 11.5 Å². The molecule has 0 spiro atoms. The molecule has 0 fully saturated rings. The summed E-state index contributed by atoms with van der Waals surface area (Å²) in [7, 11) is 1.41. The Morgan fingerprint density at radius 3 is 2.78 bits per heavy atom. The van der Waals surface area contributed by atoms with E-state index in [0.29, 0.717) is 28.4 Å². The van der Waals surface area contributed by atoms with Crippen molar-refractivity contribution >= 4 is 34.1 Å². The third-order valence-corrected chi connectivity index (χ3v) is 3.93. The topological polar surface area (TPSA) is 120 Å². The van der Waals surface area contributed by atoms with Crippen molar-refractivity contribution in [1.82, 2.24) is 4.98 Å². The zero-order valence-electron chi connectivity index (χ0n) is 15.0. The summed E-state index contributed by atoms with van der Waals surface area (Å²) in [5.41, 5.74) is 1.87. The average Bonchev–Trinajstić information content (AvgIpc) is 3.01. The molecule has 0 bridgehead atoms. The molecule has 0 saturated heterocycles. The highest BCUT2D eigenvalue weighted by atomic mass is 16.6. The van der Waals surface area contributed by atoms with Gasteiger partial charge in [0, 0.05) is 12.6 Å². The summed E-state index contributed by atoms with van der Waals surface area (Å²) in [4.78, 5) is 27.4. The molecule has 1 aromatic heterocycles. The highest BCUT2D eigenvalue weighted by Crippen LogP contribution is 2.29. The minimum atomic E-state index is -0.642. The second kappa shape index (κ2) is 7.32. The summed E-state index contributed by atoms with van der Waals surface area (Å²) in [6.45, 7) is 3.41. The molecule has 2 aromatic carbocycles. The number of fused-ring (bicyclic) bond motifs is 1. The summed E-state index contributed by atoms with van der Waals surface area (Å²) >= 11 is 0. The van der Waals surface area contributed by atoms with E-state index in [1.165, 1.54) is 19.2 Å². The number of hydrogen-bond donors (Lipinski definition) is 2. The van der Waals surface area contributed by atoms with E-state index in [1.807, 2.05) is 0 Å². The second-order valence-electron chi connectivity index (χ2n) is 5.91.